The van der Waals surface area contributed by atoms with Gasteiger partial charge in [-0.05, 0) is 6.07 Å². The van der Waals surface area contributed by atoms with Crippen LogP contribution >= 0.6 is 11.6 Å². The Morgan fingerprint density at radius 2 is 2.23 bits per heavy atom. The van der Waals surface area contributed by atoms with Crippen LogP contribution in [0.2, 0.25) is 5.15 Å². The van der Waals surface area contributed by atoms with Gasteiger partial charge < -0.3 is 9.90 Å². The van der Waals surface area contributed by atoms with Crippen LogP contribution in [0.15, 0.2) is 12.3 Å². The third-order valence-corrected chi connectivity index (χ3v) is 1.58. The summed E-state index contributed by atoms with van der Waals surface area (Å²) in [5.41, 5.74) is -0.629. The van der Waals surface area contributed by atoms with Crippen LogP contribution < -0.4 is 10.3 Å². The summed E-state index contributed by atoms with van der Waals surface area (Å²) in [6.07, 6.45) is 0.995. The van der Waals surface area contributed by atoms with Crippen LogP contribution in [-0.2, 0) is 0 Å². The molecule has 1 aromatic rings. The van der Waals surface area contributed by atoms with Crippen molar-refractivity contribution in [2.24, 2.45) is 0 Å². The molecule has 0 aliphatic rings. The Morgan fingerprint density at radius 1 is 1.62 bits per heavy atom. The minimum absolute atomic E-state index is 0.219. The number of hydrogen-bond acceptors (Lipinski definition) is 6. The van der Waals surface area contributed by atoms with Crippen molar-refractivity contribution < 1.29 is 20.3 Å². The molecule has 1 aromatic heterocycles. The summed E-state index contributed by atoms with van der Waals surface area (Å²) in [7, 11) is 0. The highest BCUT2D eigenvalue weighted by molar-refractivity contribution is 6.32. The SMILES string of the molecule is O=C([O-])c1cc(N(O)O)cnc1Cl. The van der Waals surface area contributed by atoms with E-state index in [-0.39, 0.29) is 16.1 Å². The molecule has 0 aliphatic carbocycles. The lowest BCUT2D eigenvalue weighted by molar-refractivity contribution is -0.255. The van der Waals surface area contributed by atoms with Gasteiger partial charge in [0.15, 0.2) is 0 Å². The standard InChI is InChI=1S/C6H5ClN2O4/c7-5-4(6(10)11)1-3(2-8-5)9(12)13/h1-2,12-13H,(H,10,11)/p-1. The predicted molar refractivity (Wildman–Crippen MR) is 39.6 cm³/mol. The zero-order chi connectivity index (χ0) is 10.0. The summed E-state index contributed by atoms with van der Waals surface area (Å²) in [6, 6.07) is 0.921. The van der Waals surface area contributed by atoms with Crippen molar-refractivity contribution >= 4 is 23.3 Å². The minimum Gasteiger partial charge on any atom is -0.545 e. The number of carboxylic acids is 1. The number of aromatic carboxylic acids is 1. The molecule has 1 heterocycles. The monoisotopic (exact) mass is 203 g/mol. The van der Waals surface area contributed by atoms with Gasteiger partial charge in [0.05, 0.1) is 12.2 Å². The van der Waals surface area contributed by atoms with Crippen molar-refractivity contribution in [2.75, 3.05) is 5.23 Å². The van der Waals surface area contributed by atoms with E-state index in [1.54, 1.807) is 0 Å². The van der Waals surface area contributed by atoms with Crippen LogP contribution in [0.4, 0.5) is 5.69 Å². The van der Waals surface area contributed by atoms with E-state index in [1.165, 1.54) is 0 Å². The molecule has 0 saturated carbocycles. The maximum atomic E-state index is 10.4. The Balaban J connectivity index is 3.19. The Bertz CT molecular complexity index is 341. The lowest BCUT2D eigenvalue weighted by Gasteiger charge is -2.10. The van der Waals surface area contributed by atoms with Crippen LogP contribution in [0.3, 0.4) is 0 Å². The molecule has 0 unspecified atom stereocenters. The summed E-state index contributed by atoms with van der Waals surface area (Å²) < 4.78 is 0. The molecule has 0 radical (unpaired) electrons. The highest BCUT2D eigenvalue weighted by atomic mass is 35.5. The fourth-order valence-electron chi connectivity index (χ4n) is 0.690. The second-order valence-corrected chi connectivity index (χ2v) is 2.47. The number of carboxylic acid groups (broad SMARTS) is 1. The maximum absolute atomic E-state index is 10.4. The average molecular weight is 204 g/mol. The number of rotatable bonds is 2. The van der Waals surface area contributed by atoms with Gasteiger partial charge in [-0.15, -0.1) is 5.23 Å². The third-order valence-electron chi connectivity index (χ3n) is 1.28. The fourth-order valence-corrected chi connectivity index (χ4v) is 0.870. The van der Waals surface area contributed by atoms with E-state index in [4.69, 9.17) is 22.0 Å². The quantitative estimate of drug-likeness (QED) is 0.505. The molecule has 0 aromatic carbocycles. The van der Waals surface area contributed by atoms with Gasteiger partial charge in [0.25, 0.3) is 0 Å². The van der Waals surface area contributed by atoms with Gasteiger partial charge in [0.2, 0.25) is 0 Å². The molecule has 0 spiro atoms. The van der Waals surface area contributed by atoms with Gasteiger partial charge >= 0.3 is 0 Å². The van der Waals surface area contributed by atoms with Gasteiger partial charge in [-0.3, -0.25) is 10.4 Å². The summed E-state index contributed by atoms with van der Waals surface area (Å²) in [5, 5.41) is 26.9. The van der Waals surface area contributed by atoms with Crippen LogP contribution in [0.5, 0.6) is 0 Å². The number of aromatic nitrogens is 1. The molecule has 13 heavy (non-hydrogen) atoms. The van der Waals surface area contributed by atoms with Crippen LogP contribution in [0.1, 0.15) is 10.4 Å². The molecule has 6 nitrogen and oxygen atoms in total. The van der Waals surface area contributed by atoms with Crippen LogP contribution in [0.25, 0.3) is 0 Å². The Hall–Kier alpha value is -1.37. The molecular weight excluding hydrogens is 200 g/mol. The van der Waals surface area contributed by atoms with Crippen molar-refractivity contribution in [2.45, 2.75) is 0 Å². The summed E-state index contributed by atoms with van der Waals surface area (Å²) in [6.45, 7) is 0. The summed E-state index contributed by atoms with van der Waals surface area (Å²) >= 11 is 5.38. The van der Waals surface area contributed by atoms with Crippen LogP contribution in [0, 0.1) is 0 Å². The van der Waals surface area contributed by atoms with E-state index >= 15 is 0 Å². The van der Waals surface area contributed by atoms with E-state index in [9.17, 15) is 9.90 Å². The highest BCUT2D eigenvalue weighted by Crippen LogP contribution is 2.17. The van der Waals surface area contributed by atoms with Crippen molar-refractivity contribution in [3.05, 3.63) is 23.0 Å². The molecule has 0 fully saturated rings. The number of carbonyl (C=O) groups excluding carboxylic acids is 1. The number of anilines is 1. The van der Waals surface area contributed by atoms with Crippen molar-refractivity contribution in [1.82, 2.24) is 4.98 Å². The molecule has 0 atom stereocenters. The third kappa shape index (κ3) is 2.05. The first kappa shape index (κ1) is 9.72. The van der Waals surface area contributed by atoms with E-state index in [2.05, 4.69) is 4.98 Å². The number of hydrogen-bond donors (Lipinski definition) is 2. The van der Waals surface area contributed by atoms with E-state index in [0.717, 1.165) is 12.3 Å². The van der Waals surface area contributed by atoms with E-state index in [0.29, 0.717) is 0 Å². The minimum atomic E-state index is -1.54. The van der Waals surface area contributed by atoms with Crippen molar-refractivity contribution in [3.63, 3.8) is 0 Å². The molecule has 0 amide bonds. The van der Waals surface area contributed by atoms with Crippen LogP contribution in [-0.4, -0.2) is 21.4 Å². The van der Waals surface area contributed by atoms with E-state index < -0.39 is 11.5 Å². The van der Waals surface area contributed by atoms with Gasteiger partial charge in [0.1, 0.15) is 10.8 Å². The summed E-state index contributed by atoms with van der Waals surface area (Å²) in [5.74, 6) is -1.54. The molecule has 0 saturated heterocycles. The first-order chi connectivity index (χ1) is 6.02. The second kappa shape index (κ2) is 3.56. The highest BCUT2D eigenvalue weighted by Gasteiger charge is 2.07. The van der Waals surface area contributed by atoms with Crippen molar-refractivity contribution in [1.29, 1.82) is 0 Å². The Labute approximate surface area is 77.5 Å². The maximum Gasteiger partial charge on any atom is 0.138 e. The zero-order valence-electron chi connectivity index (χ0n) is 6.14. The second-order valence-electron chi connectivity index (χ2n) is 2.11. The first-order valence-corrected chi connectivity index (χ1v) is 3.45. The fraction of sp³-hybridized carbons (Fsp3) is 0. The molecule has 0 bridgehead atoms. The molecule has 70 valence electrons. The van der Waals surface area contributed by atoms with Crippen molar-refractivity contribution in [3.8, 4) is 0 Å². The number of carbonyl (C=O) groups is 1. The molecule has 2 N–H and O–H groups in total. The van der Waals surface area contributed by atoms with Gasteiger partial charge in [-0.25, -0.2) is 4.98 Å². The van der Waals surface area contributed by atoms with Gasteiger partial charge in [-0.1, -0.05) is 11.6 Å². The molecule has 0 aliphatic heterocycles. The Morgan fingerprint density at radius 3 is 2.69 bits per heavy atom. The van der Waals surface area contributed by atoms with E-state index in [1.807, 2.05) is 0 Å². The Kier molecular flexibility index (Phi) is 2.66. The topological polar surface area (TPSA) is 96.7 Å². The first-order valence-electron chi connectivity index (χ1n) is 3.07. The predicted octanol–water partition coefficient (Wildman–Crippen LogP) is -0.317. The normalized spacial score (nSPS) is 9.77. The smallest absolute Gasteiger partial charge is 0.138 e. The average Bonchev–Trinajstić information content (AvgIpc) is 2.04. The number of nitrogens with zero attached hydrogens (tertiary/aromatic N) is 2. The van der Waals surface area contributed by atoms with Gasteiger partial charge in [-0.2, -0.15) is 0 Å². The molecular formula is C6H4ClN2O4-. The lowest BCUT2D eigenvalue weighted by atomic mass is 10.3. The largest absolute Gasteiger partial charge is 0.545 e. The molecule has 1 rings (SSSR count). The lowest BCUT2D eigenvalue weighted by Crippen LogP contribution is -2.23. The summed E-state index contributed by atoms with van der Waals surface area (Å²) in [4.78, 5) is 13.8. The number of pyridine rings is 1. The molecule has 7 heteroatoms. The zero-order valence-corrected chi connectivity index (χ0v) is 6.89. The van der Waals surface area contributed by atoms with Gasteiger partial charge in [0, 0.05) is 5.56 Å². The number of halogens is 1.